The Morgan fingerprint density at radius 1 is 0.800 bits per heavy atom. The van der Waals surface area contributed by atoms with Crippen LogP contribution in [-0.4, -0.2) is 22.9 Å². The molecule has 2 unspecified atom stereocenters. The molecular formula is C12H24Br2O. The van der Waals surface area contributed by atoms with Crippen LogP contribution in [0.1, 0.15) is 52.4 Å². The summed E-state index contributed by atoms with van der Waals surface area (Å²) in [6.07, 6.45) is 7.97. The molecule has 3 heteroatoms. The van der Waals surface area contributed by atoms with Crippen molar-refractivity contribution in [1.82, 2.24) is 0 Å². The van der Waals surface area contributed by atoms with E-state index in [9.17, 15) is 0 Å². The third-order valence-corrected chi connectivity index (χ3v) is 3.38. The fourth-order valence-electron chi connectivity index (χ4n) is 1.72. The lowest BCUT2D eigenvalue weighted by Gasteiger charge is -2.23. The molecule has 0 saturated heterocycles. The molecule has 0 aromatic heterocycles. The first kappa shape index (κ1) is 15.9. The van der Waals surface area contributed by atoms with Crippen LogP contribution in [0.3, 0.4) is 0 Å². The van der Waals surface area contributed by atoms with Gasteiger partial charge in [-0.1, -0.05) is 58.5 Å². The number of hydrogen-bond acceptors (Lipinski definition) is 1. The molecule has 0 N–H and O–H groups in total. The van der Waals surface area contributed by atoms with Gasteiger partial charge in [0, 0.05) is 10.7 Å². The zero-order valence-corrected chi connectivity index (χ0v) is 13.1. The Kier molecular flexibility index (Phi) is 12.1. The summed E-state index contributed by atoms with van der Waals surface area (Å²) in [7, 11) is 0. The fraction of sp³-hybridized carbons (Fsp3) is 1.00. The summed E-state index contributed by atoms with van der Waals surface area (Å²) in [5.74, 6) is 0. The second-order valence-electron chi connectivity index (χ2n) is 3.91. The minimum atomic E-state index is 0.449. The van der Waals surface area contributed by atoms with Crippen molar-refractivity contribution < 1.29 is 4.74 Å². The molecule has 0 radical (unpaired) electrons. The molecule has 1 nitrogen and oxygen atoms in total. The summed E-state index contributed by atoms with van der Waals surface area (Å²) in [6, 6.07) is 0. The highest BCUT2D eigenvalue weighted by Crippen LogP contribution is 2.17. The lowest BCUT2D eigenvalue weighted by Crippen LogP contribution is -2.23. The summed E-state index contributed by atoms with van der Waals surface area (Å²) < 4.78 is 6.15. The number of alkyl halides is 2. The van der Waals surface area contributed by atoms with E-state index in [1.165, 1.54) is 25.7 Å². The van der Waals surface area contributed by atoms with Crippen LogP contribution in [0.15, 0.2) is 0 Å². The molecule has 0 aromatic rings. The maximum Gasteiger partial charge on any atom is 0.0586 e. The van der Waals surface area contributed by atoms with Crippen LogP contribution in [0.5, 0.6) is 0 Å². The van der Waals surface area contributed by atoms with Gasteiger partial charge in [-0.2, -0.15) is 0 Å². The van der Waals surface area contributed by atoms with E-state index in [1.54, 1.807) is 0 Å². The van der Waals surface area contributed by atoms with Crippen molar-refractivity contribution in [3.05, 3.63) is 0 Å². The van der Waals surface area contributed by atoms with Crippen molar-refractivity contribution in [2.24, 2.45) is 0 Å². The summed E-state index contributed by atoms with van der Waals surface area (Å²) in [4.78, 5) is 0. The number of halogens is 2. The second-order valence-corrected chi connectivity index (χ2v) is 5.50. The van der Waals surface area contributed by atoms with Gasteiger partial charge in [0.15, 0.2) is 0 Å². The van der Waals surface area contributed by atoms with Crippen LogP contribution in [-0.2, 0) is 4.74 Å². The van der Waals surface area contributed by atoms with Gasteiger partial charge in [0.25, 0.3) is 0 Å². The second kappa shape index (κ2) is 11.4. The zero-order chi connectivity index (χ0) is 11.5. The molecule has 0 aliphatic heterocycles. The molecule has 0 amide bonds. The summed E-state index contributed by atoms with van der Waals surface area (Å²) in [5.41, 5.74) is 0. The predicted octanol–water partition coefficient (Wildman–Crippen LogP) is 4.91. The number of hydrogen-bond donors (Lipinski definition) is 0. The average molecular weight is 344 g/mol. The minimum absolute atomic E-state index is 0.449. The molecule has 0 aliphatic carbocycles. The van der Waals surface area contributed by atoms with Crippen molar-refractivity contribution in [2.75, 3.05) is 10.7 Å². The summed E-state index contributed by atoms with van der Waals surface area (Å²) >= 11 is 7.00. The zero-order valence-electron chi connectivity index (χ0n) is 9.98. The van der Waals surface area contributed by atoms with Gasteiger partial charge in [0.1, 0.15) is 0 Å². The number of rotatable bonds is 10. The molecule has 0 aliphatic rings. The highest BCUT2D eigenvalue weighted by atomic mass is 79.9. The Morgan fingerprint density at radius 2 is 1.20 bits per heavy atom. The van der Waals surface area contributed by atoms with Gasteiger partial charge in [-0.05, 0) is 25.7 Å². The summed E-state index contributed by atoms with van der Waals surface area (Å²) in [5, 5.41) is 2.09. The molecule has 0 fully saturated rings. The molecule has 0 aromatic carbocycles. The molecule has 0 spiro atoms. The van der Waals surface area contributed by atoms with Crippen molar-refractivity contribution >= 4 is 31.9 Å². The van der Waals surface area contributed by atoms with Crippen LogP contribution < -0.4 is 0 Å². The van der Waals surface area contributed by atoms with E-state index in [4.69, 9.17) is 4.74 Å². The standard InChI is InChI=1S/C12H24Br2O/c1-3-5-11(7-9-13)15-12(6-4-2)8-10-14/h11-12H,3-10H2,1-2H3. The largest absolute Gasteiger partial charge is 0.375 e. The Morgan fingerprint density at radius 3 is 1.47 bits per heavy atom. The van der Waals surface area contributed by atoms with E-state index in [2.05, 4.69) is 45.7 Å². The first-order chi connectivity index (χ1) is 7.28. The first-order valence-corrected chi connectivity index (χ1v) is 8.30. The third-order valence-electron chi connectivity index (χ3n) is 2.47. The predicted molar refractivity (Wildman–Crippen MR) is 75.3 cm³/mol. The van der Waals surface area contributed by atoms with Crippen molar-refractivity contribution in [3.63, 3.8) is 0 Å². The van der Waals surface area contributed by atoms with Gasteiger partial charge in [-0.3, -0.25) is 0 Å². The van der Waals surface area contributed by atoms with Crippen molar-refractivity contribution in [1.29, 1.82) is 0 Å². The van der Waals surface area contributed by atoms with Crippen molar-refractivity contribution in [2.45, 2.75) is 64.6 Å². The molecule has 2 atom stereocenters. The van der Waals surface area contributed by atoms with Crippen LogP contribution in [0.25, 0.3) is 0 Å². The maximum absolute atomic E-state index is 6.15. The third kappa shape index (κ3) is 8.70. The molecule has 0 saturated carbocycles. The van der Waals surface area contributed by atoms with Gasteiger partial charge in [0.05, 0.1) is 12.2 Å². The lowest BCUT2D eigenvalue weighted by atomic mass is 10.1. The van der Waals surface area contributed by atoms with E-state index in [0.29, 0.717) is 12.2 Å². The Hall–Kier alpha value is 0.920. The van der Waals surface area contributed by atoms with Crippen LogP contribution in [0, 0.1) is 0 Å². The summed E-state index contributed by atoms with van der Waals surface area (Å²) in [6.45, 7) is 4.45. The van der Waals surface area contributed by atoms with Gasteiger partial charge >= 0.3 is 0 Å². The van der Waals surface area contributed by atoms with E-state index in [-0.39, 0.29) is 0 Å². The van der Waals surface area contributed by atoms with E-state index < -0.39 is 0 Å². The minimum Gasteiger partial charge on any atom is -0.375 e. The maximum atomic E-state index is 6.15. The number of ether oxygens (including phenoxy) is 1. The molecule has 0 heterocycles. The SMILES string of the molecule is CCCC(CCBr)OC(CCC)CCBr. The Labute approximate surface area is 112 Å². The van der Waals surface area contributed by atoms with Crippen molar-refractivity contribution in [3.8, 4) is 0 Å². The Balaban J connectivity index is 3.93. The fourth-order valence-corrected chi connectivity index (χ4v) is 2.74. The molecule has 0 bridgehead atoms. The van der Waals surface area contributed by atoms with Crippen LogP contribution in [0.2, 0.25) is 0 Å². The van der Waals surface area contributed by atoms with Gasteiger partial charge in [-0.15, -0.1) is 0 Å². The monoisotopic (exact) mass is 342 g/mol. The normalized spacial score (nSPS) is 15.2. The molecule has 0 rings (SSSR count). The van der Waals surface area contributed by atoms with Gasteiger partial charge in [0.2, 0.25) is 0 Å². The average Bonchev–Trinajstić information content (AvgIpc) is 2.19. The van der Waals surface area contributed by atoms with Crippen LogP contribution in [0.4, 0.5) is 0 Å². The highest BCUT2D eigenvalue weighted by Gasteiger charge is 2.14. The van der Waals surface area contributed by atoms with E-state index in [0.717, 1.165) is 23.5 Å². The smallest absolute Gasteiger partial charge is 0.0586 e. The van der Waals surface area contributed by atoms with Gasteiger partial charge in [-0.25, -0.2) is 0 Å². The molecule has 92 valence electrons. The molecular weight excluding hydrogens is 320 g/mol. The lowest BCUT2D eigenvalue weighted by molar-refractivity contribution is -0.0226. The first-order valence-electron chi connectivity index (χ1n) is 6.05. The molecule has 15 heavy (non-hydrogen) atoms. The van der Waals surface area contributed by atoms with E-state index >= 15 is 0 Å². The highest BCUT2D eigenvalue weighted by molar-refractivity contribution is 9.09. The topological polar surface area (TPSA) is 9.23 Å². The quantitative estimate of drug-likeness (QED) is 0.512. The van der Waals surface area contributed by atoms with E-state index in [1.807, 2.05) is 0 Å². The van der Waals surface area contributed by atoms with Crippen LogP contribution >= 0.6 is 31.9 Å². The Bertz CT molecular complexity index is 105. The van der Waals surface area contributed by atoms with Gasteiger partial charge < -0.3 is 4.74 Å².